The molecule has 5 heteroatoms. The maximum absolute atomic E-state index is 9.23. The Morgan fingerprint density at radius 2 is 2.05 bits per heavy atom. The fourth-order valence-corrected chi connectivity index (χ4v) is 2.19. The molecule has 1 fully saturated rings. The van der Waals surface area contributed by atoms with E-state index in [1.54, 1.807) is 0 Å². The van der Waals surface area contributed by atoms with Gasteiger partial charge in [0.2, 0.25) is 0 Å². The third-order valence-corrected chi connectivity index (χ3v) is 3.43. The van der Waals surface area contributed by atoms with Gasteiger partial charge in [-0.05, 0) is 32.3 Å². The number of ether oxygens (including phenoxy) is 1. The quantitative estimate of drug-likeness (QED) is 0.894. The summed E-state index contributed by atoms with van der Waals surface area (Å²) in [5.41, 5.74) is 2.26. The molecule has 0 amide bonds. The Labute approximate surface area is 112 Å². The molecule has 0 bridgehead atoms. The number of aromatic nitrogens is 1. The predicted molar refractivity (Wildman–Crippen MR) is 70.6 cm³/mol. The summed E-state index contributed by atoms with van der Waals surface area (Å²) >= 11 is 0. The molecule has 98 valence electrons. The Kier molecular flexibility index (Phi) is 3.99. The van der Waals surface area contributed by atoms with Crippen LogP contribution in [0, 0.1) is 36.5 Å². The van der Waals surface area contributed by atoms with Crippen LogP contribution in [0.5, 0.6) is 0 Å². The summed E-state index contributed by atoms with van der Waals surface area (Å²) in [5.74, 6) is 0.484. The average Bonchev–Trinajstić information content (AvgIpc) is 2.92. The monoisotopic (exact) mass is 256 g/mol. The summed E-state index contributed by atoms with van der Waals surface area (Å²) in [4.78, 5) is 4.37. The van der Waals surface area contributed by atoms with Crippen LogP contribution in [0.3, 0.4) is 0 Å². The predicted octanol–water partition coefficient (Wildman–Crippen LogP) is 2.03. The van der Waals surface area contributed by atoms with Crippen molar-refractivity contribution in [2.24, 2.45) is 0 Å². The first-order valence-electron chi connectivity index (χ1n) is 6.34. The summed E-state index contributed by atoms with van der Waals surface area (Å²) in [6, 6.07) is 4.16. The van der Waals surface area contributed by atoms with Gasteiger partial charge in [0, 0.05) is 18.8 Å². The van der Waals surface area contributed by atoms with Crippen molar-refractivity contribution in [3.05, 3.63) is 22.4 Å². The summed E-state index contributed by atoms with van der Waals surface area (Å²) in [6.45, 7) is 5.07. The van der Waals surface area contributed by atoms with E-state index in [4.69, 9.17) is 4.74 Å². The smallest absolute Gasteiger partial charge is 0.145 e. The maximum atomic E-state index is 9.23. The van der Waals surface area contributed by atoms with Gasteiger partial charge in [0.15, 0.2) is 0 Å². The highest BCUT2D eigenvalue weighted by Crippen LogP contribution is 2.23. The second kappa shape index (κ2) is 5.69. The van der Waals surface area contributed by atoms with Crippen LogP contribution in [0.4, 0.5) is 5.82 Å². The molecule has 19 heavy (non-hydrogen) atoms. The summed E-state index contributed by atoms with van der Waals surface area (Å²) < 4.78 is 5.52. The lowest BCUT2D eigenvalue weighted by atomic mass is 10.0. The third-order valence-electron chi connectivity index (χ3n) is 3.43. The van der Waals surface area contributed by atoms with Crippen molar-refractivity contribution < 1.29 is 4.74 Å². The van der Waals surface area contributed by atoms with Gasteiger partial charge in [-0.25, -0.2) is 4.98 Å². The maximum Gasteiger partial charge on any atom is 0.145 e. The Morgan fingerprint density at radius 1 is 1.32 bits per heavy atom. The van der Waals surface area contributed by atoms with Crippen molar-refractivity contribution in [2.75, 3.05) is 18.5 Å². The first kappa shape index (κ1) is 13.3. The van der Waals surface area contributed by atoms with E-state index in [-0.39, 0.29) is 6.10 Å². The normalized spacial score (nSPS) is 17.8. The van der Waals surface area contributed by atoms with Crippen LogP contribution in [-0.2, 0) is 4.74 Å². The molecule has 0 aliphatic carbocycles. The van der Waals surface area contributed by atoms with Crippen LogP contribution in [0.15, 0.2) is 0 Å². The van der Waals surface area contributed by atoms with E-state index >= 15 is 0 Å². The van der Waals surface area contributed by atoms with Crippen LogP contribution >= 0.6 is 0 Å². The number of aryl methyl sites for hydroxylation is 1. The fourth-order valence-electron chi connectivity index (χ4n) is 2.19. The molecule has 1 aliphatic rings. The van der Waals surface area contributed by atoms with Gasteiger partial charge in [0.05, 0.1) is 11.7 Å². The first-order valence-corrected chi connectivity index (χ1v) is 6.34. The van der Waals surface area contributed by atoms with Gasteiger partial charge >= 0.3 is 0 Å². The lowest BCUT2D eigenvalue weighted by molar-refractivity contribution is 0.120. The molecule has 1 atom stereocenters. The van der Waals surface area contributed by atoms with Gasteiger partial charge < -0.3 is 10.1 Å². The Morgan fingerprint density at radius 3 is 2.63 bits per heavy atom. The molecule has 0 radical (unpaired) electrons. The third kappa shape index (κ3) is 2.67. The number of hydrogen-bond acceptors (Lipinski definition) is 5. The molecule has 2 rings (SSSR count). The number of hydrogen-bond donors (Lipinski definition) is 1. The van der Waals surface area contributed by atoms with Crippen molar-refractivity contribution in [1.82, 2.24) is 4.98 Å². The van der Waals surface area contributed by atoms with Crippen LogP contribution < -0.4 is 5.32 Å². The fraction of sp³-hybridized carbons (Fsp3) is 0.500. The first-order chi connectivity index (χ1) is 9.17. The van der Waals surface area contributed by atoms with Crippen molar-refractivity contribution in [2.45, 2.75) is 32.8 Å². The average molecular weight is 256 g/mol. The van der Waals surface area contributed by atoms with Crippen molar-refractivity contribution in [1.29, 1.82) is 10.5 Å². The van der Waals surface area contributed by atoms with Gasteiger partial charge in [-0.2, -0.15) is 10.5 Å². The van der Waals surface area contributed by atoms with E-state index in [0.717, 1.165) is 30.7 Å². The number of anilines is 1. The molecular weight excluding hydrogens is 240 g/mol. The highest BCUT2D eigenvalue weighted by atomic mass is 16.5. The van der Waals surface area contributed by atoms with Crippen LogP contribution in [0.1, 0.15) is 35.2 Å². The van der Waals surface area contributed by atoms with Crippen LogP contribution in [0.25, 0.3) is 0 Å². The molecule has 1 aromatic rings. The lowest BCUT2D eigenvalue weighted by Gasteiger charge is -2.14. The Hall–Kier alpha value is -2.11. The molecule has 0 unspecified atom stereocenters. The molecule has 1 N–H and O–H groups in total. The second-order valence-electron chi connectivity index (χ2n) is 4.66. The molecule has 5 nitrogen and oxygen atoms in total. The van der Waals surface area contributed by atoms with E-state index in [2.05, 4.69) is 22.4 Å². The van der Waals surface area contributed by atoms with E-state index in [1.165, 1.54) is 0 Å². The summed E-state index contributed by atoms with van der Waals surface area (Å²) in [5, 5.41) is 21.5. The molecule has 2 heterocycles. The van der Waals surface area contributed by atoms with Crippen LogP contribution in [-0.4, -0.2) is 24.2 Å². The summed E-state index contributed by atoms with van der Waals surface area (Å²) in [7, 11) is 0. The molecular formula is C14H16N4O. The van der Waals surface area contributed by atoms with E-state index in [1.807, 2.05) is 13.8 Å². The molecule has 0 saturated carbocycles. The number of nitriles is 2. The molecule has 0 spiro atoms. The summed E-state index contributed by atoms with van der Waals surface area (Å²) in [6.07, 6.45) is 2.26. The lowest BCUT2D eigenvalue weighted by Crippen LogP contribution is -2.20. The number of pyridine rings is 1. The Balaban J connectivity index is 2.27. The van der Waals surface area contributed by atoms with Gasteiger partial charge in [-0.15, -0.1) is 0 Å². The van der Waals surface area contributed by atoms with Gasteiger partial charge in [-0.1, -0.05) is 0 Å². The zero-order valence-electron chi connectivity index (χ0n) is 11.2. The zero-order valence-corrected chi connectivity index (χ0v) is 11.2. The van der Waals surface area contributed by atoms with E-state index in [9.17, 15) is 10.5 Å². The molecule has 1 saturated heterocycles. The van der Waals surface area contributed by atoms with Crippen molar-refractivity contribution in [3.63, 3.8) is 0 Å². The minimum atomic E-state index is 0.167. The Bertz CT molecular complexity index is 562. The minimum absolute atomic E-state index is 0.167. The number of nitrogens with one attached hydrogen (secondary N) is 1. The van der Waals surface area contributed by atoms with Crippen LogP contribution in [0.2, 0.25) is 0 Å². The standard InChI is InChI=1S/C14H16N4O/c1-9-10(2)18-14(13(7-16)12(9)6-15)17-8-11-4-3-5-19-11/h11H,3-5,8H2,1-2H3,(H,17,18)/t11-/m1/s1. The second-order valence-corrected chi connectivity index (χ2v) is 4.66. The van der Waals surface area contributed by atoms with Gasteiger partial charge in [0.1, 0.15) is 23.5 Å². The molecule has 1 aliphatic heterocycles. The topological polar surface area (TPSA) is 81.7 Å². The number of rotatable bonds is 3. The van der Waals surface area contributed by atoms with Gasteiger partial charge in [0.25, 0.3) is 0 Å². The molecule has 1 aromatic heterocycles. The number of nitrogens with zero attached hydrogens (tertiary/aromatic N) is 3. The highest BCUT2D eigenvalue weighted by molar-refractivity contribution is 5.63. The van der Waals surface area contributed by atoms with Gasteiger partial charge in [-0.3, -0.25) is 0 Å². The zero-order chi connectivity index (χ0) is 13.8. The highest BCUT2D eigenvalue weighted by Gasteiger charge is 2.18. The van der Waals surface area contributed by atoms with E-state index in [0.29, 0.717) is 23.5 Å². The van der Waals surface area contributed by atoms with Crippen molar-refractivity contribution in [3.8, 4) is 12.1 Å². The van der Waals surface area contributed by atoms with Crippen molar-refractivity contribution >= 4 is 5.82 Å². The SMILES string of the molecule is Cc1nc(NC[C@H]2CCCO2)c(C#N)c(C#N)c1C. The largest absolute Gasteiger partial charge is 0.376 e. The van der Waals surface area contributed by atoms with E-state index < -0.39 is 0 Å². The molecule has 0 aromatic carbocycles. The minimum Gasteiger partial charge on any atom is -0.376 e.